The number of benzene rings is 1. The van der Waals surface area contributed by atoms with Crippen LogP contribution in [0, 0.1) is 0 Å². The molecule has 1 saturated heterocycles. The lowest BCUT2D eigenvalue weighted by Crippen LogP contribution is -2.49. The summed E-state index contributed by atoms with van der Waals surface area (Å²) in [5.74, 6) is -0.164. The highest BCUT2D eigenvalue weighted by Crippen LogP contribution is 2.15. The Bertz CT molecular complexity index is 728. The summed E-state index contributed by atoms with van der Waals surface area (Å²) in [5.41, 5.74) is 0.427. The van der Waals surface area contributed by atoms with Gasteiger partial charge >= 0.3 is 6.18 Å². The standard InChI is InChI=1S/C17H23F3N2O4S/c1-27(24,25)15-5-3-14(4-6-15)16(23)22-10-8-21(9-11-22)7-2-12-26-13-17(18,19)20/h3-6H,2,7-13H2,1H3. The predicted octanol–water partition coefficient (Wildman–Crippen LogP) is 1.82. The first-order chi connectivity index (χ1) is 12.6. The number of piperazine rings is 1. The molecule has 1 aromatic rings. The molecule has 1 fully saturated rings. The fourth-order valence-electron chi connectivity index (χ4n) is 2.78. The maximum absolute atomic E-state index is 12.5. The van der Waals surface area contributed by atoms with Crippen molar-refractivity contribution in [3.05, 3.63) is 29.8 Å². The Morgan fingerprint density at radius 2 is 1.70 bits per heavy atom. The Kier molecular flexibility index (Phi) is 7.24. The van der Waals surface area contributed by atoms with E-state index in [4.69, 9.17) is 0 Å². The van der Waals surface area contributed by atoms with Crippen molar-refractivity contribution in [2.75, 3.05) is 52.2 Å². The van der Waals surface area contributed by atoms with Crippen LogP contribution in [0.15, 0.2) is 29.2 Å². The van der Waals surface area contributed by atoms with E-state index in [9.17, 15) is 26.4 Å². The zero-order chi connectivity index (χ0) is 20.1. The molecule has 0 radical (unpaired) electrons. The van der Waals surface area contributed by atoms with E-state index in [-0.39, 0.29) is 17.4 Å². The van der Waals surface area contributed by atoms with Crippen LogP contribution < -0.4 is 0 Å². The van der Waals surface area contributed by atoms with E-state index in [2.05, 4.69) is 9.64 Å². The predicted molar refractivity (Wildman–Crippen MR) is 93.4 cm³/mol. The van der Waals surface area contributed by atoms with Crippen molar-refractivity contribution in [1.29, 1.82) is 0 Å². The van der Waals surface area contributed by atoms with Crippen molar-refractivity contribution in [3.63, 3.8) is 0 Å². The number of carbonyl (C=O) groups is 1. The molecule has 1 amide bonds. The van der Waals surface area contributed by atoms with E-state index in [1.807, 2.05) is 0 Å². The van der Waals surface area contributed by atoms with Gasteiger partial charge in [0.1, 0.15) is 6.61 Å². The number of hydrogen-bond donors (Lipinski definition) is 0. The van der Waals surface area contributed by atoms with Crippen LogP contribution in [-0.2, 0) is 14.6 Å². The van der Waals surface area contributed by atoms with Gasteiger partial charge in [0.05, 0.1) is 4.90 Å². The van der Waals surface area contributed by atoms with Crippen molar-refractivity contribution in [1.82, 2.24) is 9.80 Å². The van der Waals surface area contributed by atoms with Gasteiger partial charge in [0.25, 0.3) is 5.91 Å². The molecule has 27 heavy (non-hydrogen) atoms. The van der Waals surface area contributed by atoms with Crippen molar-refractivity contribution in [2.24, 2.45) is 0 Å². The lowest BCUT2D eigenvalue weighted by Gasteiger charge is -2.34. The SMILES string of the molecule is CS(=O)(=O)c1ccc(C(=O)N2CCN(CCCOCC(F)(F)F)CC2)cc1. The molecular formula is C17H23F3N2O4S. The minimum absolute atomic E-state index is 0.0470. The first-order valence-corrected chi connectivity index (χ1v) is 10.4. The normalized spacial score (nSPS) is 16.5. The monoisotopic (exact) mass is 408 g/mol. The molecule has 152 valence electrons. The summed E-state index contributed by atoms with van der Waals surface area (Å²) < 4.78 is 63.4. The van der Waals surface area contributed by atoms with Crippen LogP contribution in [0.3, 0.4) is 0 Å². The molecule has 1 aromatic carbocycles. The highest BCUT2D eigenvalue weighted by atomic mass is 32.2. The molecule has 0 bridgehead atoms. The number of rotatable bonds is 7. The summed E-state index contributed by atoms with van der Waals surface area (Å²) in [7, 11) is -3.30. The Balaban J connectivity index is 1.74. The van der Waals surface area contributed by atoms with Gasteiger partial charge in [0.2, 0.25) is 0 Å². The molecule has 1 aliphatic rings. The van der Waals surface area contributed by atoms with Crippen LogP contribution in [0.25, 0.3) is 0 Å². The number of hydrogen-bond acceptors (Lipinski definition) is 5. The zero-order valence-electron chi connectivity index (χ0n) is 15.0. The summed E-state index contributed by atoms with van der Waals surface area (Å²) in [6.45, 7) is 1.71. The molecule has 0 saturated carbocycles. The van der Waals surface area contributed by atoms with Crippen molar-refractivity contribution < 1.29 is 31.1 Å². The Morgan fingerprint density at radius 1 is 1.11 bits per heavy atom. The van der Waals surface area contributed by atoms with Crippen LogP contribution in [0.2, 0.25) is 0 Å². The summed E-state index contributed by atoms with van der Waals surface area (Å²) in [6.07, 6.45) is -2.69. The van der Waals surface area contributed by atoms with Crippen LogP contribution in [-0.4, -0.2) is 82.5 Å². The quantitative estimate of drug-likeness (QED) is 0.644. The molecule has 0 aliphatic carbocycles. The number of ether oxygens (including phenoxy) is 1. The summed E-state index contributed by atoms with van der Waals surface area (Å²) in [6, 6.07) is 5.84. The molecule has 0 unspecified atom stereocenters. The van der Waals surface area contributed by atoms with Crippen LogP contribution >= 0.6 is 0 Å². The second kappa shape index (κ2) is 9.03. The van der Waals surface area contributed by atoms with Crippen molar-refractivity contribution in [2.45, 2.75) is 17.5 Å². The highest BCUT2D eigenvalue weighted by molar-refractivity contribution is 7.90. The highest BCUT2D eigenvalue weighted by Gasteiger charge is 2.27. The molecule has 2 rings (SSSR count). The van der Waals surface area contributed by atoms with Crippen LogP contribution in [0.4, 0.5) is 13.2 Å². The van der Waals surface area contributed by atoms with E-state index in [0.29, 0.717) is 44.7 Å². The number of alkyl halides is 3. The Morgan fingerprint density at radius 3 is 2.22 bits per heavy atom. The van der Waals surface area contributed by atoms with E-state index < -0.39 is 22.6 Å². The summed E-state index contributed by atoms with van der Waals surface area (Å²) in [5, 5.41) is 0. The molecule has 0 aromatic heterocycles. The van der Waals surface area contributed by atoms with Gasteiger partial charge in [-0.15, -0.1) is 0 Å². The van der Waals surface area contributed by atoms with Gasteiger partial charge in [0, 0.05) is 51.1 Å². The Labute approximate surface area is 156 Å². The molecule has 1 aliphatic heterocycles. The maximum atomic E-state index is 12.5. The van der Waals surface area contributed by atoms with Crippen LogP contribution in [0.1, 0.15) is 16.8 Å². The third-order valence-electron chi connectivity index (χ3n) is 4.22. The van der Waals surface area contributed by atoms with Gasteiger partial charge in [-0.25, -0.2) is 8.42 Å². The second-order valence-corrected chi connectivity index (χ2v) is 8.47. The van der Waals surface area contributed by atoms with Crippen molar-refractivity contribution in [3.8, 4) is 0 Å². The van der Waals surface area contributed by atoms with Gasteiger partial charge in [-0.2, -0.15) is 13.2 Å². The molecule has 0 atom stereocenters. The minimum atomic E-state index is -4.30. The van der Waals surface area contributed by atoms with Crippen LogP contribution in [0.5, 0.6) is 0 Å². The average Bonchev–Trinajstić information content (AvgIpc) is 2.60. The summed E-state index contributed by atoms with van der Waals surface area (Å²) in [4.78, 5) is 16.4. The van der Waals surface area contributed by atoms with E-state index in [0.717, 1.165) is 6.26 Å². The zero-order valence-corrected chi connectivity index (χ0v) is 15.9. The molecule has 1 heterocycles. The number of carbonyl (C=O) groups excluding carboxylic acids is 1. The number of nitrogens with zero attached hydrogens (tertiary/aromatic N) is 2. The third-order valence-corrected chi connectivity index (χ3v) is 5.35. The average molecular weight is 408 g/mol. The lowest BCUT2D eigenvalue weighted by atomic mass is 10.2. The lowest BCUT2D eigenvalue weighted by molar-refractivity contribution is -0.174. The first kappa shape index (κ1) is 21.6. The molecule has 10 heteroatoms. The van der Waals surface area contributed by atoms with E-state index in [1.165, 1.54) is 24.3 Å². The molecule has 0 N–H and O–H groups in total. The first-order valence-electron chi connectivity index (χ1n) is 8.52. The van der Waals surface area contributed by atoms with Gasteiger partial charge in [0.15, 0.2) is 9.84 Å². The molecular weight excluding hydrogens is 385 g/mol. The van der Waals surface area contributed by atoms with Gasteiger partial charge < -0.3 is 9.64 Å². The minimum Gasteiger partial charge on any atom is -0.372 e. The van der Waals surface area contributed by atoms with E-state index in [1.54, 1.807) is 4.90 Å². The van der Waals surface area contributed by atoms with Crippen molar-refractivity contribution >= 4 is 15.7 Å². The second-order valence-electron chi connectivity index (χ2n) is 6.45. The largest absolute Gasteiger partial charge is 0.411 e. The fraction of sp³-hybridized carbons (Fsp3) is 0.588. The summed E-state index contributed by atoms with van der Waals surface area (Å²) >= 11 is 0. The maximum Gasteiger partial charge on any atom is 0.411 e. The van der Waals surface area contributed by atoms with Gasteiger partial charge in [-0.05, 0) is 30.7 Å². The number of halogens is 3. The number of amides is 1. The smallest absolute Gasteiger partial charge is 0.372 e. The van der Waals surface area contributed by atoms with E-state index >= 15 is 0 Å². The third kappa shape index (κ3) is 7.11. The van der Waals surface area contributed by atoms with Gasteiger partial charge in [-0.3, -0.25) is 9.69 Å². The fourth-order valence-corrected chi connectivity index (χ4v) is 3.41. The number of sulfone groups is 1. The molecule has 6 nitrogen and oxygen atoms in total. The Hall–Kier alpha value is -1.65. The topological polar surface area (TPSA) is 66.9 Å². The van der Waals surface area contributed by atoms with Gasteiger partial charge in [-0.1, -0.05) is 0 Å². The molecule has 0 spiro atoms.